The van der Waals surface area contributed by atoms with Crippen LogP contribution in [-0.4, -0.2) is 18.2 Å². The molecule has 0 saturated carbocycles. The van der Waals surface area contributed by atoms with Crippen LogP contribution in [-0.2, 0) is 6.61 Å². The summed E-state index contributed by atoms with van der Waals surface area (Å²) in [6, 6.07) is 10.7. The van der Waals surface area contributed by atoms with E-state index in [0.29, 0.717) is 18.1 Å². The molecule has 0 spiro atoms. The van der Waals surface area contributed by atoms with E-state index in [0.717, 1.165) is 16.7 Å². The molecule has 0 aliphatic heterocycles. The summed E-state index contributed by atoms with van der Waals surface area (Å²) in [5.74, 6) is -0.0437. The van der Waals surface area contributed by atoms with E-state index in [1.54, 1.807) is 6.07 Å². The minimum absolute atomic E-state index is 0.173. The van der Waals surface area contributed by atoms with Crippen LogP contribution in [0.2, 0.25) is 0 Å². The van der Waals surface area contributed by atoms with E-state index in [9.17, 15) is 4.79 Å². The van der Waals surface area contributed by atoms with Crippen molar-refractivity contribution in [3.63, 3.8) is 0 Å². The smallest absolute Gasteiger partial charge is 0.335 e. The van der Waals surface area contributed by atoms with E-state index < -0.39 is 5.97 Å². The molecule has 0 radical (unpaired) electrons. The first-order valence-electron chi connectivity index (χ1n) is 6.61. The highest BCUT2D eigenvalue weighted by Gasteiger charge is 2.11. The van der Waals surface area contributed by atoms with Crippen LogP contribution in [0.1, 0.15) is 27.0 Å². The number of aryl methyl sites for hydroxylation is 2. The Hall–Kier alpha value is -2.49. The van der Waals surface area contributed by atoms with Crippen LogP contribution in [0.4, 0.5) is 0 Å². The summed E-state index contributed by atoms with van der Waals surface area (Å²) < 4.78 is 11.0. The standard InChI is InChI=1S/C17H18O4/c1-11-4-5-12(2)14(8-11)10-21-16-9-13(17(18)19)6-7-15(16)20-3/h4-9H,10H2,1-3H3,(H,18,19). The van der Waals surface area contributed by atoms with E-state index in [2.05, 4.69) is 6.07 Å². The fourth-order valence-electron chi connectivity index (χ4n) is 2.03. The molecule has 2 rings (SSSR count). The summed E-state index contributed by atoms with van der Waals surface area (Å²) in [7, 11) is 1.53. The van der Waals surface area contributed by atoms with Gasteiger partial charge in [-0.1, -0.05) is 23.8 Å². The van der Waals surface area contributed by atoms with Gasteiger partial charge in [0, 0.05) is 0 Å². The first kappa shape index (κ1) is 14.9. The summed E-state index contributed by atoms with van der Waals surface area (Å²) in [6.45, 7) is 4.41. The molecule has 0 heterocycles. The van der Waals surface area contributed by atoms with Crippen molar-refractivity contribution in [2.45, 2.75) is 20.5 Å². The number of carboxylic acid groups (broad SMARTS) is 1. The molecule has 0 saturated heterocycles. The van der Waals surface area contributed by atoms with Gasteiger partial charge in [-0.2, -0.15) is 0 Å². The van der Waals surface area contributed by atoms with Crippen molar-refractivity contribution in [2.75, 3.05) is 7.11 Å². The number of hydrogen-bond acceptors (Lipinski definition) is 3. The molecule has 1 N–H and O–H groups in total. The van der Waals surface area contributed by atoms with E-state index in [-0.39, 0.29) is 5.56 Å². The summed E-state index contributed by atoms with van der Waals surface area (Å²) >= 11 is 0. The molecule has 0 aliphatic rings. The zero-order valence-corrected chi connectivity index (χ0v) is 12.3. The Morgan fingerprint density at radius 1 is 1.10 bits per heavy atom. The van der Waals surface area contributed by atoms with Crippen molar-refractivity contribution in [3.05, 3.63) is 58.7 Å². The number of aromatic carboxylic acids is 1. The van der Waals surface area contributed by atoms with Gasteiger partial charge in [-0.25, -0.2) is 4.79 Å². The Morgan fingerprint density at radius 2 is 1.86 bits per heavy atom. The lowest BCUT2D eigenvalue weighted by Crippen LogP contribution is -2.02. The van der Waals surface area contributed by atoms with Crippen molar-refractivity contribution in [1.82, 2.24) is 0 Å². The molecule has 110 valence electrons. The number of methoxy groups -OCH3 is 1. The van der Waals surface area contributed by atoms with Gasteiger partial charge in [0.25, 0.3) is 0 Å². The fourth-order valence-corrected chi connectivity index (χ4v) is 2.03. The number of ether oxygens (including phenoxy) is 2. The molecule has 2 aromatic carbocycles. The zero-order chi connectivity index (χ0) is 15.4. The van der Waals surface area contributed by atoms with Crippen LogP contribution in [0.15, 0.2) is 36.4 Å². The molecule has 0 fully saturated rings. The Balaban J connectivity index is 2.24. The van der Waals surface area contributed by atoms with E-state index in [1.807, 2.05) is 26.0 Å². The molecule has 4 nitrogen and oxygen atoms in total. The lowest BCUT2D eigenvalue weighted by molar-refractivity contribution is 0.0696. The predicted molar refractivity (Wildman–Crippen MR) is 80.2 cm³/mol. The highest BCUT2D eigenvalue weighted by Crippen LogP contribution is 2.29. The van der Waals surface area contributed by atoms with Gasteiger partial charge in [0.1, 0.15) is 6.61 Å². The Bertz CT molecular complexity index is 662. The lowest BCUT2D eigenvalue weighted by Gasteiger charge is -2.13. The van der Waals surface area contributed by atoms with Crippen molar-refractivity contribution in [2.24, 2.45) is 0 Å². The third-order valence-corrected chi connectivity index (χ3v) is 3.30. The molecule has 4 heteroatoms. The molecule has 0 aromatic heterocycles. The average molecular weight is 286 g/mol. The molecular weight excluding hydrogens is 268 g/mol. The maximum atomic E-state index is 11.0. The van der Waals surface area contributed by atoms with Crippen LogP contribution < -0.4 is 9.47 Å². The highest BCUT2D eigenvalue weighted by molar-refractivity contribution is 5.88. The van der Waals surface area contributed by atoms with Crippen LogP contribution in [0.3, 0.4) is 0 Å². The lowest BCUT2D eigenvalue weighted by atomic mass is 10.1. The Morgan fingerprint density at radius 3 is 2.52 bits per heavy atom. The molecule has 2 aromatic rings. The SMILES string of the molecule is COc1ccc(C(=O)O)cc1OCc1cc(C)ccc1C. The largest absolute Gasteiger partial charge is 0.493 e. The zero-order valence-electron chi connectivity index (χ0n) is 12.3. The molecular formula is C17H18O4. The number of hydrogen-bond donors (Lipinski definition) is 1. The third-order valence-electron chi connectivity index (χ3n) is 3.30. The summed E-state index contributed by atoms with van der Waals surface area (Å²) in [4.78, 5) is 11.0. The number of rotatable bonds is 5. The van der Waals surface area contributed by atoms with Crippen LogP contribution >= 0.6 is 0 Å². The van der Waals surface area contributed by atoms with Gasteiger partial charge >= 0.3 is 5.97 Å². The molecule has 0 aliphatic carbocycles. The Labute approximate surface area is 123 Å². The highest BCUT2D eigenvalue weighted by atomic mass is 16.5. The second-order valence-corrected chi connectivity index (χ2v) is 4.89. The van der Waals surface area contributed by atoms with Crippen LogP contribution in [0, 0.1) is 13.8 Å². The fraction of sp³-hybridized carbons (Fsp3) is 0.235. The molecule has 0 unspecified atom stereocenters. The number of carboxylic acids is 1. The maximum absolute atomic E-state index is 11.0. The second kappa shape index (κ2) is 6.31. The third kappa shape index (κ3) is 3.54. The number of carbonyl (C=O) groups is 1. The van der Waals surface area contributed by atoms with Gasteiger partial charge in [-0.3, -0.25) is 0 Å². The molecule has 0 bridgehead atoms. The predicted octanol–water partition coefficient (Wildman–Crippen LogP) is 3.59. The minimum atomic E-state index is -0.991. The van der Waals surface area contributed by atoms with Gasteiger partial charge in [0.2, 0.25) is 0 Å². The normalized spacial score (nSPS) is 10.2. The van der Waals surface area contributed by atoms with Crippen molar-refractivity contribution < 1.29 is 19.4 Å². The summed E-state index contributed by atoms with van der Waals surface area (Å²) in [6.07, 6.45) is 0. The second-order valence-electron chi connectivity index (χ2n) is 4.89. The topological polar surface area (TPSA) is 55.8 Å². The molecule has 0 amide bonds. The van der Waals surface area contributed by atoms with Crippen molar-refractivity contribution in [1.29, 1.82) is 0 Å². The van der Waals surface area contributed by atoms with Gasteiger partial charge in [0.05, 0.1) is 12.7 Å². The van der Waals surface area contributed by atoms with Crippen molar-refractivity contribution in [3.8, 4) is 11.5 Å². The van der Waals surface area contributed by atoms with Gasteiger partial charge in [0.15, 0.2) is 11.5 Å². The summed E-state index contributed by atoms with van der Waals surface area (Å²) in [5, 5.41) is 9.04. The van der Waals surface area contributed by atoms with Crippen LogP contribution in [0.5, 0.6) is 11.5 Å². The van der Waals surface area contributed by atoms with E-state index in [4.69, 9.17) is 14.6 Å². The van der Waals surface area contributed by atoms with Gasteiger partial charge < -0.3 is 14.6 Å². The van der Waals surface area contributed by atoms with E-state index >= 15 is 0 Å². The number of benzene rings is 2. The Kier molecular flexibility index (Phi) is 4.48. The quantitative estimate of drug-likeness (QED) is 0.912. The minimum Gasteiger partial charge on any atom is -0.493 e. The van der Waals surface area contributed by atoms with Gasteiger partial charge in [-0.15, -0.1) is 0 Å². The molecule has 21 heavy (non-hydrogen) atoms. The van der Waals surface area contributed by atoms with Gasteiger partial charge in [-0.05, 0) is 43.2 Å². The first-order valence-corrected chi connectivity index (χ1v) is 6.61. The van der Waals surface area contributed by atoms with Crippen molar-refractivity contribution >= 4 is 5.97 Å². The van der Waals surface area contributed by atoms with Crippen LogP contribution in [0.25, 0.3) is 0 Å². The van der Waals surface area contributed by atoms with E-state index in [1.165, 1.54) is 19.2 Å². The maximum Gasteiger partial charge on any atom is 0.335 e. The molecule has 0 atom stereocenters. The average Bonchev–Trinajstić information content (AvgIpc) is 2.47. The monoisotopic (exact) mass is 286 g/mol. The first-order chi connectivity index (χ1) is 10.0. The summed E-state index contributed by atoms with van der Waals surface area (Å²) in [5.41, 5.74) is 3.53.